The van der Waals surface area contributed by atoms with Crippen LogP contribution in [0.2, 0.25) is 5.02 Å². The molecule has 0 radical (unpaired) electrons. The number of carbonyl (C=O) groups is 2. The summed E-state index contributed by atoms with van der Waals surface area (Å²) in [6.07, 6.45) is 0. The lowest BCUT2D eigenvalue weighted by molar-refractivity contribution is -0.139. The van der Waals surface area contributed by atoms with Crippen LogP contribution in [0.1, 0.15) is 37.5 Å². The highest BCUT2D eigenvalue weighted by Gasteiger charge is 2.32. The molecule has 0 aliphatic rings. The number of hydrogen-bond acceptors (Lipinski definition) is 4. The van der Waals surface area contributed by atoms with E-state index in [1.54, 1.807) is 31.2 Å². The number of rotatable bonds is 10. The zero-order chi connectivity index (χ0) is 28.9. The minimum atomic E-state index is -4.15. The van der Waals surface area contributed by atoms with E-state index in [9.17, 15) is 18.0 Å². The number of nitrogens with one attached hydrogen (secondary N) is 1. The number of benzene rings is 3. The standard InChI is InChI=1S/C29H33BrClN3O4S/c1-19(2)32-29(36)22(5)33(17-23-9-11-24(30)12-10-23)28(35)18-34(25-13-8-21(4)27(31)16-25)39(37,38)26-14-6-20(3)7-15-26/h6-16,19,22H,17-18H2,1-5H3,(H,32,36). The lowest BCUT2D eigenvalue weighted by Gasteiger charge is -2.32. The van der Waals surface area contributed by atoms with E-state index in [0.717, 1.165) is 25.5 Å². The number of nitrogens with zero attached hydrogens (tertiary/aromatic N) is 2. The first-order valence-corrected chi connectivity index (χ1v) is 15.1. The van der Waals surface area contributed by atoms with Crippen LogP contribution in [0.25, 0.3) is 0 Å². The number of halogens is 2. The van der Waals surface area contributed by atoms with E-state index in [1.807, 2.05) is 52.0 Å². The third-order valence-corrected chi connectivity index (χ3v) is 8.92. The molecule has 7 nitrogen and oxygen atoms in total. The van der Waals surface area contributed by atoms with Gasteiger partial charge in [0.1, 0.15) is 12.6 Å². The van der Waals surface area contributed by atoms with E-state index in [4.69, 9.17) is 11.6 Å². The van der Waals surface area contributed by atoms with Crippen molar-refractivity contribution in [2.75, 3.05) is 10.8 Å². The van der Waals surface area contributed by atoms with Crippen LogP contribution in [0.15, 0.2) is 76.1 Å². The smallest absolute Gasteiger partial charge is 0.264 e. The number of sulfonamides is 1. The highest BCUT2D eigenvalue weighted by Crippen LogP contribution is 2.29. The van der Waals surface area contributed by atoms with Gasteiger partial charge < -0.3 is 10.2 Å². The SMILES string of the molecule is Cc1ccc(S(=O)(=O)N(CC(=O)N(Cc2ccc(Br)cc2)C(C)C(=O)NC(C)C)c2ccc(C)c(Cl)c2)cc1. The summed E-state index contributed by atoms with van der Waals surface area (Å²) in [5, 5.41) is 3.22. The van der Waals surface area contributed by atoms with Crippen LogP contribution in [-0.4, -0.2) is 43.8 Å². The molecule has 1 N–H and O–H groups in total. The minimum absolute atomic E-state index is 0.0441. The molecule has 0 aromatic heterocycles. The van der Waals surface area contributed by atoms with Gasteiger partial charge in [-0.05, 0) is 82.1 Å². The van der Waals surface area contributed by atoms with E-state index in [1.165, 1.54) is 23.1 Å². The molecule has 3 rings (SSSR count). The van der Waals surface area contributed by atoms with Crippen LogP contribution >= 0.6 is 27.5 Å². The Labute approximate surface area is 244 Å². The molecule has 208 valence electrons. The highest BCUT2D eigenvalue weighted by molar-refractivity contribution is 9.10. The van der Waals surface area contributed by atoms with Gasteiger partial charge in [0.15, 0.2) is 0 Å². The fraction of sp³-hybridized carbons (Fsp3) is 0.310. The second-order valence-corrected chi connectivity index (χ2v) is 12.9. The summed E-state index contributed by atoms with van der Waals surface area (Å²) in [5.41, 5.74) is 2.72. The van der Waals surface area contributed by atoms with Crippen molar-refractivity contribution >= 4 is 55.1 Å². The molecule has 3 aromatic rings. The second-order valence-electron chi connectivity index (χ2n) is 9.75. The van der Waals surface area contributed by atoms with Crippen LogP contribution in [0.5, 0.6) is 0 Å². The normalized spacial score (nSPS) is 12.2. The topological polar surface area (TPSA) is 86.8 Å². The summed E-state index contributed by atoms with van der Waals surface area (Å²) >= 11 is 9.77. The molecule has 10 heteroatoms. The summed E-state index contributed by atoms with van der Waals surface area (Å²) in [7, 11) is -4.15. The second kappa shape index (κ2) is 13.0. The molecular formula is C29H33BrClN3O4S. The molecule has 1 atom stereocenters. The fourth-order valence-corrected chi connectivity index (χ4v) is 5.72. The zero-order valence-electron chi connectivity index (χ0n) is 22.6. The predicted molar refractivity (Wildman–Crippen MR) is 159 cm³/mol. The Morgan fingerprint density at radius 2 is 1.56 bits per heavy atom. The zero-order valence-corrected chi connectivity index (χ0v) is 25.8. The maximum Gasteiger partial charge on any atom is 0.264 e. The number of amides is 2. The van der Waals surface area contributed by atoms with Crippen molar-refractivity contribution in [2.24, 2.45) is 0 Å². The Bertz CT molecular complexity index is 1430. The summed E-state index contributed by atoms with van der Waals surface area (Å²) in [6, 6.07) is 17.7. The van der Waals surface area contributed by atoms with Gasteiger partial charge in [0.05, 0.1) is 10.6 Å². The van der Waals surface area contributed by atoms with Gasteiger partial charge in [-0.2, -0.15) is 0 Å². The molecule has 0 heterocycles. The van der Waals surface area contributed by atoms with Crippen LogP contribution in [-0.2, 0) is 26.2 Å². The van der Waals surface area contributed by atoms with Gasteiger partial charge in [-0.15, -0.1) is 0 Å². The monoisotopic (exact) mass is 633 g/mol. The molecule has 0 spiro atoms. The molecule has 0 aliphatic heterocycles. The molecule has 3 aromatic carbocycles. The average molecular weight is 635 g/mol. The van der Waals surface area contributed by atoms with E-state index in [-0.39, 0.29) is 29.1 Å². The van der Waals surface area contributed by atoms with Crippen LogP contribution < -0.4 is 9.62 Å². The van der Waals surface area contributed by atoms with Crippen LogP contribution in [0, 0.1) is 13.8 Å². The lowest BCUT2D eigenvalue weighted by Crippen LogP contribution is -2.52. The van der Waals surface area contributed by atoms with Crippen molar-refractivity contribution in [3.05, 3.63) is 92.9 Å². The third kappa shape index (κ3) is 7.84. The summed E-state index contributed by atoms with van der Waals surface area (Å²) in [5.74, 6) is -0.863. The van der Waals surface area contributed by atoms with Crippen LogP contribution in [0.4, 0.5) is 5.69 Å². The first-order valence-electron chi connectivity index (χ1n) is 12.5. The Kier molecular flexibility index (Phi) is 10.2. The van der Waals surface area contributed by atoms with Crippen molar-refractivity contribution in [3.63, 3.8) is 0 Å². The molecule has 39 heavy (non-hydrogen) atoms. The van der Waals surface area contributed by atoms with Gasteiger partial charge in [0.2, 0.25) is 11.8 Å². The van der Waals surface area contributed by atoms with E-state index in [2.05, 4.69) is 21.2 Å². The third-order valence-electron chi connectivity index (χ3n) is 6.20. The van der Waals surface area contributed by atoms with Gasteiger partial charge in [0, 0.05) is 22.1 Å². The molecule has 2 amide bonds. The average Bonchev–Trinajstić information content (AvgIpc) is 2.88. The van der Waals surface area contributed by atoms with Crippen molar-refractivity contribution in [1.29, 1.82) is 0 Å². The Balaban J connectivity index is 2.05. The summed E-state index contributed by atoms with van der Waals surface area (Å²) < 4.78 is 29.7. The number of aryl methyl sites for hydroxylation is 2. The first kappa shape index (κ1) is 30.7. The number of hydrogen-bond donors (Lipinski definition) is 1. The fourth-order valence-electron chi connectivity index (χ4n) is 3.88. The molecule has 1 unspecified atom stereocenters. The highest BCUT2D eigenvalue weighted by atomic mass is 79.9. The number of anilines is 1. The lowest BCUT2D eigenvalue weighted by atomic mass is 10.1. The Morgan fingerprint density at radius 3 is 2.13 bits per heavy atom. The van der Waals surface area contributed by atoms with Gasteiger partial charge in [0.25, 0.3) is 10.0 Å². The maximum atomic E-state index is 13.9. The van der Waals surface area contributed by atoms with E-state index < -0.39 is 28.5 Å². The molecule has 0 saturated heterocycles. The van der Waals surface area contributed by atoms with Gasteiger partial charge in [-0.25, -0.2) is 8.42 Å². The van der Waals surface area contributed by atoms with Gasteiger partial charge in [-0.1, -0.05) is 63.4 Å². The van der Waals surface area contributed by atoms with Crippen LogP contribution in [0.3, 0.4) is 0 Å². The van der Waals surface area contributed by atoms with E-state index >= 15 is 0 Å². The number of carbonyl (C=O) groups excluding carboxylic acids is 2. The van der Waals surface area contributed by atoms with E-state index in [0.29, 0.717) is 5.02 Å². The first-order chi connectivity index (χ1) is 18.3. The Hall–Kier alpha value is -2.88. The predicted octanol–water partition coefficient (Wildman–Crippen LogP) is 5.86. The quantitative estimate of drug-likeness (QED) is 0.303. The summed E-state index contributed by atoms with van der Waals surface area (Å²) in [4.78, 5) is 28.3. The van der Waals surface area contributed by atoms with Crippen molar-refractivity contribution in [2.45, 2.75) is 58.1 Å². The van der Waals surface area contributed by atoms with Crippen molar-refractivity contribution in [1.82, 2.24) is 10.2 Å². The van der Waals surface area contributed by atoms with Gasteiger partial charge in [-0.3, -0.25) is 13.9 Å². The van der Waals surface area contributed by atoms with Crippen molar-refractivity contribution < 1.29 is 18.0 Å². The molecular weight excluding hydrogens is 602 g/mol. The maximum absolute atomic E-state index is 13.9. The van der Waals surface area contributed by atoms with Crippen molar-refractivity contribution in [3.8, 4) is 0 Å². The molecule has 0 bridgehead atoms. The summed E-state index contributed by atoms with van der Waals surface area (Å²) in [6.45, 7) is 8.57. The largest absolute Gasteiger partial charge is 0.352 e. The molecule has 0 saturated carbocycles. The molecule has 0 fully saturated rings. The minimum Gasteiger partial charge on any atom is -0.352 e. The Morgan fingerprint density at radius 1 is 0.949 bits per heavy atom. The van der Waals surface area contributed by atoms with Gasteiger partial charge >= 0.3 is 0 Å². The molecule has 0 aliphatic carbocycles.